The van der Waals surface area contributed by atoms with Crippen LogP contribution >= 0.6 is 0 Å². The minimum absolute atomic E-state index is 0.0107. The summed E-state index contributed by atoms with van der Waals surface area (Å²) in [4.78, 5) is 12.1. The number of hydrogen-bond acceptors (Lipinski definition) is 5. The molecular formula is C22H29FO5S. The van der Waals surface area contributed by atoms with E-state index in [-0.39, 0.29) is 28.8 Å². The van der Waals surface area contributed by atoms with Gasteiger partial charge < -0.3 is 9.84 Å². The maximum atomic E-state index is 16.9. The van der Waals surface area contributed by atoms with Crippen LogP contribution in [-0.4, -0.2) is 43.9 Å². The molecule has 4 aliphatic carbocycles. The maximum absolute atomic E-state index is 16.9. The van der Waals surface area contributed by atoms with E-state index in [0.29, 0.717) is 30.6 Å². The summed E-state index contributed by atoms with van der Waals surface area (Å²) < 4.78 is 48.3. The molecule has 1 N–H and O–H groups in total. The summed E-state index contributed by atoms with van der Waals surface area (Å²) in [5.41, 5.74) is -3.20. The first-order valence-electron chi connectivity index (χ1n) is 10.3. The van der Waals surface area contributed by atoms with E-state index in [0.717, 1.165) is 0 Å². The summed E-state index contributed by atoms with van der Waals surface area (Å²) in [6.45, 7) is 5.18. The van der Waals surface area contributed by atoms with E-state index in [4.69, 9.17) is 4.74 Å². The number of ether oxygens (including phenoxy) is 1. The summed E-state index contributed by atoms with van der Waals surface area (Å²) in [5.74, 6) is -0.640. The molecule has 2 fully saturated rings. The van der Waals surface area contributed by atoms with Crippen LogP contribution in [0.25, 0.3) is 0 Å². The van der Waals surface area contributed by atoms with Gasteiger partial charge in [-0.25, -0.2) is 12.8 Å². The molecule has 0 saturated heterocycles. The van der Waals surface area contributed by atoms with Gasteiger partial charge in [0.15, 0.2) is 21.3 Å². The predicted octanol–water partition coefficient (Wildman–Crippen LogP) is 3.26. The maximum Gasteiger partial charge on any atom is 0.178 e. The third-order valence-corrected chi connectivity index (χ3v) is 10.2. The molecule has 0 amide bonds. The zero-order valence-electron chi connectivity index (χ0n) is 17.4. The van der Waals surface area contributed by atoms with Gasteiger partial charge in [-0.2, -0.15) is 0 Å². The number of carbonyl (C=O) groups is 1. The lowest BCUT2D eigenvalue weighted by Crippen LogP contribution is -2.66. The van der Waals surface area contributed by atoms with Crippen molar-refractivity contribution in [1.82, 2.24) is 0 Å². The van der Waals surface area contributed by atoms with Crippen LogP contribution in [-0.2, 0) is 19.4 Å². The Morgan fingerprint density at radius 2 is 2.00 bits per heavy atom. The number of carbonyl (C=O) groups excluding carboxylic acids is 1. The van der Waals surface area contributed by atoms with Crippen LogP contribution in [0.2, 0.25) is 0 Å². The van der Waals surface area contributed by atoms with Gasteiger partial charge in [0.25, 0.3) is 0 Å². The van der Waals surface area contributed by atoms with E-state index < -0.39 is 38.4 Å². The fourth-order valence-corrected chi connectivity index (χ4v) is 8.41. The Balaban J connectivity index is 1.85. The average Bonchev–Trinajstić information content (AvgIpc) is 2.96. The Kier molecular flexibility index (Phi) is 4.49. The van der Waals surface area contributed by atoms with Crippen LogP contribution in [0.4, 0.5) is 4.39 Å². The van der Waals surface area contributed by atoms with E-state index in [1.807, 2.05) is 6.92 Å². The van der Waals surface area contributed by atoms with Gasteiger partial charge in [0.2, 0.25) is 0 Å². The lowest BCUT2D eigenvalue weighted by Gasteiger charge is -2.61. The lowest BCUT2D eigenvalue weighted by atomic mass is 9.46. The molecular weight excluding hydrogens is 395 g/mol. The number of halogens is 1. The second kappa shape index (κ2) is 6.27. The smallest absolute Gasteiger partial charge is 0.178 e. The van der Waals surface area contributed by atoms with Crippen molar-refractivity contribution >= 4 is 15.6 Å². The molecule has 29 heavy (non-hydrogen) atoms. The number of aliphatic hydroxyl groups excluding tert-OH is 1. The molecule has 2 saturated carbocycles. The highest BCUT2D eigenvalue weighted by Crippen LogP contribution is 2.69. The second-order valence-corrected chi connectivity index (χ2v) is 11.5. The fraction of sp³-hybridized carbons (Fsp3) is 0.682. The van der Waals surface area contributed by atoms with Crippen molar-refractivity contribution in [2.24, 2.45) is 22.7 Å². The SMILES string of the molecule is CCS(=O)(=O)C1=C(OC)C[C@H]2[C@@H]3CCC4=CC(=O)C=C[C@]4(C)[C@@]3(F)[C@@H](O)C[C@]12C. The van der Waals surface area contributed by atoms with Crippen molar-refractivity contribution in [2.75, 3.05) is 12.9 Å². The number of aliphatic hydroxyl groups is 1. The van der Waals surface area contributed by atoms with Crippen molar-refractivity contribution < 1.29 is 27.4 Å². The number of fused-ring (bicyclic) bond motifs is 5. The van der Waals surface area contributed by atoms with Crippen molar-refractivity contribution in [3.8, 4) is 0 Å². The van der Waals surface area contributed by atoms with Gasteiger partial charge in [-0.15, -0.1) is 0 Å². The first kappa shape index (κ1) is 20.8. The number of allylic oxidation sites excluding steroid dienone is 6. The monoisotopic (exact) mass is 424 g/mol. The summed E-state index contributed by atoms with van der Waals surface area (Å²) in [7, 11) is -2.11. The zero-order chi connectivity index (χ0) is 21.4. The minimum atomic E-state index is -3.56. The van der Waals surface area contributed by atoms with Crippen LogP contribution in [0.3, 0.4) is 0 Å². The van der Waals surface area contributed by atoms with Crippen molar-refractivity contribution in [2.45, 2.75) is 58.2 Å². The lowest BCUT2D eigenvalue weighted by molar-refractivity contribution is -0.184. The summed E-state index contributed by atoms with van der Waals surface area (Å²) in [5, 5.41) is 11.2. The van der Waals surface area contributed by atoms with Crippen LogP contribution < -0.4 is 0 Å². The quantitative estimate of drug-likeness (QED) is 0.752. The molecule has 0 heterocycles. The van der Waals surface area contributed by atoms with Crippen LogP contribution in [0.1, 0.15) is 46.5 Å². The molecule has 0 aromatic heterocycles. The van der Waals surface area contributed by atoms with Gasteiger partial charge in [0.1, 0.15) is 5.76 Å². The predicted molar refractivity (Wildman–Crippen MR) is 107 cm³/mol. The highest BCUT2D eigenvalue weighted by Gasteiger charge is 2.71. The molecule has 0 spiro atoms. The number of ketones is 1. The van der Waals surface area contributed by atoms with E-state index in [1.165, 1.54) is 19.3 Å². The molecule has 7 heteroatoms. The van der Waals surface area contributed by atoms with Gasteiger partial charge in [-0.05, 0) is 44.3 Å². The Bertz CT molecular complexity index is 964. The summed E-state index contributed by atoms with van der Waals surface area (Å²) in [6.07, 6.45) is 4.52. The Morgan fingerprint density at radius 1 is 1.31 bits per heavy atom. The van der Waals surface area contributed by atoms with E-state index in [9.17, 15) is 18.3 Å². The molecule has 0 aromatic carbocycles. The van der Waals surface area contributed by atoms with E-state index in [1.54, 1.807) is 19.9 Å². The molecule has 0 bridgehead atoms. The first-order valence-corrected chi connectivity index (χ1v) is 11.9. The first-order chi connectivity index (χ1) is 13.5. The number of rotatable bonds is 3. The number of methoxy groups -OCH3 is 1. The third-order valence-electron chi connectivity index (χ3n) is 8.15. The number of hydrogen-bond donors (Lipinski definition) is 1. The van der Waals surface area contributed by atoms with Crippen molar-refractivity contribution in [3.05, 3.63) is 34.5 Å². The molecule has 4 aliphatic rings. The molecule has 0 radical (unpaired) electrons. The molecule has 0 aromatic rings. The highest BCUT2D eigenvalue weighted by molar-refractivity contribution is 7.95. The standard InChI is InChI=1S/C22H29FO5S/c1-5-29(26,27)19-17(28-4)11-16-15-7-6-13-10-14(24)8-9-21(13,3)22(15,23)18(25)12-20(16,19)2/h8-10,15-16,18,25H,5-7,11-12H2,1-4H3/t15-,16-,18-,20-,21-,22-/m0/s1. The van der Waals surface area contributed by atoms with Crippen molar-refractivity contribution in [1.29, 1.82) is 0 Å². The average molecular weight is 425 g/mol. The molecule has 5 nitrogen and oxygen atoms in total. The minimum Gasteiger partial charge on any atom is -0.500 e. The largest absolute Gasteiger partial charge is 0.500 e. The highest BCUT2D eigenvalue weighted by atomic mass is 32.2. The van der Waals surface area contributed by atoms with Gasteiger partial charge in [0, 0.05) is 23.2 Å². The van der Waals surface area contributed by atoms with Gasteiger partial charge in [0.05, 0.1) is 23.9 Å². The van der Waals surface area contributed by atoms with E-state index >= 15 is 4.39 Å². The Labute approximate surface area is 171 Å². The summed E-state index contributed by atoms with van der Waals surface area (Å²) >= 11 is 0. The van der Waals surface area contributed by atoms with Crippen LogP contribution in [0.15, 0.2) is 34.5 Å². The van der Waals surface area contributed by atoms with Crippen molar-refractivity contribution in [3.63, 3.8) is 0 Å². The molecule has 0 aliphatic heterocycles. The number of sulfone groups is 1. The Hall–Kier alpha value is -1.47. The van der Waals surface area contributed by atoms with Gasteiger partial charge >= 0.3 is 0 Å². The van der Waals surface area contributed by atoms with Crippen LogP contribution in [0, 0.1) is 22.7 Å². The third kappa shape index (κ3) is 2.46. The second-order valence-electron chi connectivity index (χ2n) is 9.33. The topological polar surface area (TPSA) is 80.7 Å². The molecule has 6 atom stereocenters. The van der Waals surface area contributed by atoms with Crippen LogP contribution in [0.5, 0.6) is 0 Å². The zero-order valence-corrected chi connectivity index (χ0v) is 18.2. The molecule has 4 rings (SSSR count). The molecule has 160 valence electrons. The molecule has 0 unspecified atom stereocenters. The normalized spacial score (nSPS) is 44.1. The Morgan fingerprint density at radius 3 is 2.62 bits per heavy atom. The van der Waals surface area contributed by atoms with E-state index in [2.05, 4.69) is 0 Å². The fourth-order valence-electron chi connectivity index (χ4n) is 6.66. The van der Waals surface area contributed by atoms with Gasteiger partial charge in [-0.3, -0.25) is 4.79 Å². The number of alkyl halides is 1. The van der Waals surface area contributed by atoms with Gasteiger partial charge in [-0.1, -0.05) is 25.5 Å². The summed E-state index contributed by atoms with van der Waals surface area (Å²) in [6, 6.07) is 0.